The molecule has 1 aliphatic rings. The molecule has 2 aromatic carbocycles. The number of para-hydroxylation sites is 1. The van der Waals surface area contributed by atoms with E-state index in [4.69, 9.17) is 15.2 Å². The highest BCUT2D eigenvalue weighted by molar-refractivity contribution is 5.90. The lowest BCUT2D eigenvalue weighted by Crippen LogP contribution is -2.14. The van der Waals surface area contributed by atoms with E-state index < -0.39 is 0 Å². The molecule has 0 amide bonds. The minimum Gasteiger partial charge on any atom is -0.493 e. The topological polar surface area (TPSA) is 61.5 Å². The Kier molecular flexibility index (Phi) is 3.52. The number of anilines is 1. The third-order valence-corrected chi connectivity index (χ3v) is 3.72. The Morgan fingerprint density at radius 1 is 1.33 bits per heavy atom. The molecule has 1 unspecified atom stereocenters. The van der Waals surface area contributed by atoms with Gasteiger partial charge in [-0.05, 0) is 36.8 Å². The Balaban J connectivity index is 1.66. The van der Waals surface area contributed by atoms with E-state index in [1.165, 1.54) is 0 Å². The molecule has 4 heteroatoms. The van der Waals surface area contributed by atoms with E-state index in [2.05, 4.69) is 0 Å². The molecule has 3 rings (SSSR count). The summed E-state index contributed by atoms with van der Waals surface area (Å²) in [7, 11) is 0. The van der Waals surface area contributed by atoms with Crippen LogP contribution in [0.2, 0.25) is 0 Å². The molecule has 0 saturated heterocycles. The lowest BCUT2D eigenvalue weighted by Gasteiger charge is -2.10. The summed E-state index contributed by atoms with van der Waals surface area (Å²) in [6.07, 6.45) is 0. The standard InChI is InChI=1S/C17H17NO3/c1-11-8-12(6-7-15(11)18)17(19)21-10-13-9-20-16-5-3-2-4-14(13)16/h2-8,13H,9-10,18H2,1H3. The molecule has 0 aliphatic carbocycles. The third kappa shape index (κ3) is 2.70. The number of esters is 1. The van der Waals surface area contributed by atoms with Crippen molar-refractivity contribution in [2.75, 3.05) is 18.9 Å². The molecule has 2 N–H and O–H groups in total. The van der Waals surface area contributed by atoms with E-state index in [1.807, 2.05) is 31.2 Å². The smallest absolute Gasteiger partial charge is 0.338 e. The molecule has 1 heterocycles. The van der Waals surface area contributed by atoms with E-state index in [-0.39, 0.29) is 11.9 Å². The number of ether oxygens (including phenoxy) is 2. The van der Waals surface area contributed by atoms with Crippen molar-refractivity contribution in [2.45, 2.75) is 12.8 Å². The van der Waals surface area contributed by atoms with Crippen molar-refractivity contribution in [3.05, 3.63) is 59.2 Å². The van der Waals surface area contributed by atoms with Crippen molar-refractivity contribution in [1.29, 1.82) is 0 Å². The van der Waals surface area contributed by atoms with Gasteiger partial charge in [0.1, 0.15) is 12.4 Å². The third-order valence-electron chi connectivity index (χ3n) is 3.72. The molecule has 0 radical (unpaired) electrons. The highest BCUT2D eigenvalue weighted by atomic mass is 16.5. The van der Waals surface area contributed by atoms with Gasteiger partial charge in [-0.15, -0.1) is 0 Å². The van der Waals surface area contributed by atoms with Gasteiger partial charge >= 0.3 is 5.97 Å². The summed E-state index contributed by atoms with van der Waals surface area (Å²) in [5.41, 5.74) is 8.91. The molecule has 108 valence electrons. The van der Waals surface area contributed by atoms with Crippen molar-refractivity contribution < 1.29 is 14.3 Å². The SMILES string of the molecule is Cc1cc(C(=O)OCC2COc3ccccc32)ccc1N. The molecule has 1 aliphatic heterocycles. The van der Waals surface area contributed by atoms with Gasteiger partial charge in [-0.1, -0.05) is 18.2 Å². The fourth-order valence-corrected chi connectivity index (χ4v) is 2.43. The molecule has 0 fully saturated rings. The van der Waals surface area contributed by atoms with Crippen LogP contribution >= 0.6 is 0 Å². The maximum Gasteiger partial charge on any atom is 0.338 e. The predicted molar refractivity (Wildman–Crippen MR) is 80.6 cm³/mol. The zero-order valence-corrected chi connectivity index (χ0v) is 11.8. The van der Waals surface area contributed by atoms with Gasteiger partial charge in [0.05, 0.1) is 18.1 Å². The van der Waals surface area contributed by atoms with Crippen LogP contribution in [0.25, 0.3) is 0 Å². The summed E-state index contributed by atoms with van der Waals surface area (Å²) >= 11 is 0. The van der Waals surface area contributed by atoms with Crippen molar-refractivity contribution in [3.8, 4) is 5.75 Å². The van der Waals surface area contributed by atoms with Crippen LogP contribution in [-0.4, -0.2) is 19.2 Å². The van der Waals surface area contributed by atoms with Crippen LogP contribution in [-0.2, 0) is 4.74 Å². The Morgan fingerprint density at radius 2 is 2.14 bits per heavy atom. The Labute approximate surface area is 123 Å². The van der Waals surface area contributed by atoms with E-state index in [1.54, 1.807) is 18.2 Å². The molecular weight excluding hydrogens is 266 g/mol. The summed E-state index contributed by atoms with van der Waals surface area (Å²) in [5, 5.41) is 0. The van der Waals surface area contributed by atoms with Gasteiger partial charge in [0, 0.05) is 11.3 Å². The zero-order chi connectivity index (χ0) is 14.8. The fourth-order valence-electron chi connectivity index (χ4n) is 2.43. The monoisotopic (exact) mass is 283 g/mol. The summed E-state index contributed by atoms with van der Waals surface area (Å²) < 4.78 is 11.0. The quantitative estimate of drug-likeness (QED) is 0.695. The molecule has 4 nitrogen and oxygen atoms in total. The van der Waals surface area contributed by atoms with Gasteiger partial charge in [0.2, 0.25) is 0 Å². The maximum atomic E-state index is 12.1. The molecule has 0 spiro atoms. The van der Waals surface area contributed by atoms with Crippen molar-refractivity contribution in [1.82, 2.24) is 0 Å². The van der Waals surface area contributed by atoms with Crippen LogP contribution in [0.15, 0.2) is 42.5 Å². The minimum atomic E-state index is -0.331. The second kappa shape index (κ2) is 5.48. The van der Waals surface area contributed by atoms with Gasteiger partial charge in [0.15, 0.2) is 0 Å². The first-order chi connectivity index (χ1) is 10.1. The Hall–Kier alpha value is -2.49. The van der Waals surface area contributed by atoms with Gasteiger partial charge in [-0.2, -0.15) is 0 Å². The summed E-state index contributed by atoms with van der Waals surface area (Å²) in [6, 6.07) is 13.0. The number of rotatable bonds is 3. The van der Waals surface area contributed by atoms with Crippen LogP contribution < -0.4 is 10.5 Å². The lowest BCUT2D eigenvalue weighted by molar-refractivity contribution is 0.0470. The zero-order valence-electron chi connectivity index (χ0n) is 11.8. The van der Waals surface area contributed by atoms with Crippen LogP contribution in [0.5, 0.6) is 5.75 Å². The summed E-state index contributed by atoms with van der Waals surface area (Å²) in [5.74, 6) is 0.643. The highest BCUT2D eigenvalue weighted by Gasteiger charge is 2.25. The van der Waals surface area contributed by atoms with Crippen LogP contribution in [0.4, 0.5) is 5.69 Å². The number of carbonyl (C=O) groups excluding carboxylic acids is 1. The first-order valence-electron chi connectivity index (χ1n) is 6.90. The lowest BCUT2D eigenvalue weighted by atomic mass is 10.0. The second-order valence-electron chi connectivity index (χ2n) is 5.22. The van der Waals surface area contributed by atoms with Crippen molar-refractivity contribution in [3.63, 3.8) is 0 Å². The number of nitrogen functional groups attached to an aromatic ring is 1. The number of carbonyl (C=O) groups is 1. The average Bonchev–Trinajstić information content (AvgIpc) is 2.91. The number of fused-ring (bicyclic) bond motifs is 1. The second-order valence-corrected chi connectivity index (χ2v) is 5.22. The van der Waals surface area contributed by atoms with Gasteiger partial charge in [-0.25, -0.2) is 4.79 Å². The molecule has 0 saturated carbocycles. The van der Waals surface area contributed by atoms with Gasteiger partial charge in [-0.3, -0.25) is 0 Å². The van der Waals surface area contributed by atoms with Crippen LogP contribution in [0.1, 0.15) is 27.4 Å². The number of hydrogen-bond donors (Lipinski definition) is 1. The molecule has 2 aromatic rings. The Bertz CT molecular complexity index is 681. The largest absolute Gasteiger partial charge is 0.493 e. The normalized spacial score (nSPS) is 16.1. The highest BCUT2D eigenvalue weighted by Crippen LogP contribution is 2.33. The van der Waals surface area contributed by atoms with Crippen molar-refractivity contribution in [2.24, 2.45) is 0 Å². The first-order valence-corrected chi connectivity index (χ1v) is 6.90. The first kappa shape index (κ1) is 13.5. The van der Waals surface area contributed by atoms with Crippen LogP contribution in [0, 0.1) is 6.92 Å². The number of hydrogen-bond acceptors (Lipinski definition) is 4. The maximum absolute atomic E-state index is 12.1. The van der Waals surface area contributed by atoms with E-state index in [0.29, 0.717) is 24.5 Å². The van der Waals surface area contributed by atoms with E-state index in [0.717, 1.165) is 16.9 Å². The average molecular weight is 283 g/mol. The number of aryl methyl sites for hydroxylation is 1. The van der Waals surface area contributed by atoms with Crippen LogP contribution in [0.3, 0.4) is 0 Å². The minimum absolute atomic E-state index is 0.0972. The van der Waals surface area contributed by atoms with Gasteiger partial charge in [0.25, 0.3) is 0 Å². The fraction of sp³-hybridized carbons (Fsp3) is 0.235. The summed E-state index contributed by atoms with van der Waals surface area (Å²) in [6.45, 7) is 2.74. The summed E-state index contributed by atoms with van der Waals surface area (Å²) in [4.78, 5) is 12.1. The van der Waals surface area contributed by atoms with E-state index >= 15 is 0 Å². The molecular formula is C17H17NO3. The van der Waals surface area contributed by atoms with E-state index in [9.17, 15) is 4.79 Å². The van der Waals surface area contributed by atoms with Gasteiger partial charge < -0.3 is 15.2 Å². The predicted octanol–water partition coefficient (Wildman–Crippen LogP) is 2.91. The molecule has 21 heavy (non-hydrogen) atoms. The Morgan fingerprint density at radius 3 is 2.95 bits per heavy atom. The van der Waals surface area contributed by atoms with Crippen molar-refractivity contribution >= 4 is 11.7 Å². The number of benzene rings is 2. The number of nitrogens with two attached hydrogens (primary N) is 1. The molecule has 0 aromatic heterocycles. The molecule has 1 atom stereocenters. The molecule has 0 bridgehead atoms.